The van der Waals surface area contributed by atoms with Crippen LogP contribution in [0.2, 0.25) is 0 Å². The quantitative estimate of drug-likeness (QED) is 0.889. The van der Waals surface area contributed by atoms with Crippen LogP contribution in [0.3, 0.4) is 0 Å². The molecule has 0 aliphatic rings. The lowest BCUT2D eigenvalue weighted by Crippen LogP contribution is -2.37. The predicted molar refractivity (Wildman–Crippen MR) is 78.1 cm³/mol. The molecule has 0 fully saturated rings. The Labute approximate surface area is 120 Å². The molecule has 1 atom stereocenters. The van der Waals surface area contributed by atoms with E-state index < -0.39 is 15.6 Å². The van der Waals surface area contributed by atoms with Crippen LogP contribution < -0.4 is 4.72 Å². The van der Waals surface area contributed by atoms with Gasteiger partial charge in [-0.3, -0.25) is 0 Å². The van der Waals surface area contributed by atoms with Gasteiger partial charge in [-0.25, -0.2) is 13.1 Å². The molecule has 2 aromatic rings. The molecule has 0 saturated heterocycles. The van der Waals surface area contributed by atoms with E-state index in [0.29, 0.717) is 0 Å². The molecule has 104 valence electrons. The summed E-state index contributed by atoms with van der Waals surface area (Å²) >= 11 is 2.61. The van der Waals surface area contributed by atoms with Crippen LogP contribution in [-0.4, -0.2) is 20.1 Å². The van der Waals surface area contributed by atoms with Crippen molar-refractivity contribution in [2.24, 2.45) is 0 Å². The largest absolute Gasteiger partial charge is 0.383 e. The van der Waals surface area contributed by atoms with Crippen LogP contribution in [0.15, 0.2) is 33.9 Å². The van der Waals surface area contributed by atoms with Crippen molar-refractivity contribution in [2.75, 3.05) is 6.54 Å². The molecule has 0 bridgehead atoms. The summed E-state index contributed by atoms with van der Waals surface area (Å²) in [5.41, 5.74) is -1.20. The molecule has 0 aliphatic heterocycles. The van der Waals surface area contributed by atoms with Crippen molar-refractivity contribution in [1.82, 2.24) is 4.72 Å². The van der Waals surface area contributed by atoms with Gasteiger partial charge in [0, 0.05) is 16.3 Å². The van der Waals surface area contributed by atoms with Gasteiger partial charge in [-0.2, -0.15) is 0 Å². The first-order valence-electron chi connectivity index (χ1n) is 5.64. The van der Waals surface area contributed by atoms with Gasteiger partial charge in [-0.15, -0.1) is 22.7 Å². The van der Waals surface area contributed by atoms with E-state index in [4.69, 9.17) is 0 Å². The molecule has 0 amide bonds. The van der Waals surface area contributed by atoms with Crippen molar-refractivity contribution < 1.29 is 13.5 Å². The lowest BCUT2D eigenvalue weighted by Gasteiger charge is -2.21. The van der Waals surface area contributed by atoms with Crippen LogP contribution in [0.1, 0.15) is 16.7 Å². The predicted octanol–water partition coefficient (Wildman–Crippen LogP) is 2.30. The van der Waals surface area contributed by atoms with Crippen LogP contribution in [0.25, 0.3) is 0 Å². The van der Waals surface area contributed by atoms with Gasteiger partial charge in [-0.1, -0.05) is 6.07 Å². The third kappa shape index (κ3) is 3.43. The highest BCUT2D eigenvalue weighted by Crippen LogP contribution is 2.26. The second-order valence-corrected chi connectivity index (χ2v) is 8.67. The Morgan fingerprint density at radius 3 is 2.63 bits per heavy atom. The molecule has 0 aromatic carbocycles. The maximum atomic E-state index is 12.1. The summed E-state index contributed by atoms with van der Waals surface area (Å²) in [5.74, 6) is 0. The van der Waals surface area contributed by atoms with Crippen molar-refractivity contribution in [1.29, 1.82) is 0 Å². The summed E-state index contributed by atoms with van der Waals surface area (Å²) in [5, 5.41) is 12.1. The summed E-state index contributed by atoms with van der Waals surface area (Å²) in [6.45, 7) is 3.40. The molecular weight excluding hydrogens is 302 g/mol. The number of hydrogen-bond donors (Lipinski definition) is 2. The Balaban J connectivity index is 2.10. The van der Waals surface area contributed by atoms with Crippen LogP contribution in [0, 0.1) is 6.92 Å². The highest BCUT2D eigenvalue weighted by atomic mass is 32.2. The molecule has 0 spiro atoms. The minimum Gasteiger partial charge on any atom is -0.383 e. The second-order valence-electron chi connectivity index (χ2n) is 4.44. The van der Waals surface area contributed by atoms with E-state index in [1.165, 1.54) is 22.7 Å². The monoisotopic (exact) mass is 317 g/mol. The van der Waals surface area contributed by atoms with E-state index in [1.54, 1.807) is 25.1 Å². The standard InChI is InChI=1S/C12H15NO3S3/c1-9-5-6-11(18-9)19(15,16)13-8-12(2,14)10-4-3-7-17-10/h3-7,13-14H,8H2,1-2H3. The van der Waals surface area contributed by atoms with Gasteiger partial charge in [-0.05, 0) is 37.4 Å². The summed E-state index contributed by atoms with van der Waals surface area (Å²) in [7, 11) is -3.55. The zero-order chi connectivity index (χ0) is 14.1. The van der Waals surface area contributed by atoms with Crippen molar-refractivity contribution in [2.45, 2.75) is 23.7 Å². The van der Waals surface area contributed by atoms with Crippen molar-refractivity contribution >= 4 is 32.7 Å². The lowest BCUT2D eigenvalue weighted by molar-refractivity contribution is 0.0666. The van der Waals surface area contributed by atoms with Gasteiger partial charge >= 0.3 is 0 Å². The fraction of sp³-hybridized carbons (Fsp3) is 0.333. The smallest absolute Gasteiger partial charge is 0.250 e. The third-order valence-corrected chi connectivity index (χ3v) is 6.66. The first-order valence-corrected chi connectivity index (χ1v) is 8.82. The zero-order valence-electron chi connectivity index (χ0n) is 10.6. The van der Waals surface area contributed by atoms with Crippen LogP contribution in [-0.2, 0) is 15.6 Å². The Hall–Kier alpha value is -0.730. The minimum atomic E-state index is -3.55. The average molecular weight is 317 g/mol. The van der Waals surface area contributed by atoms with Crippen LogP contribution in [0.4, 0.5) is 0 Å². The molecule has 2 aromatic heterocycles. The maximum Gasteiger partial charge on any atom is 0.250 e. The van der Waals surface area contributed by atoms with Gasteiger partial charge < -0.3 is 5.11 Å². The molecule has 2 N–H and O–H groups in total. The van der Waals surface area contributed by atoms with Gasteiger partial charge in [0.05, 0.1) is 0 Å². The molecule has 2 heterocycles. The number of nitrogens with one attached hydrogen (secondary N) is 1. The van der Waals surface area contributed by atoms with E-state index in [-0.39, 0.29) is 10.8 Å². The minimum absolute atomic E-state index is 0.0488. The molecule has 4 nitrogen and oxygen atoms in total. The van der Waals surface area contributed by atoms with Gasteiger partial charge in [0.2, 0.25) is 10.0 Å². The highest BCUT2D eigenvalue weighted by molar-refractivity contribution is 7.91. The lowest BCUT2D eigenvalue weighted by atomic mass is 10.1. The number of hydrogen-bond acceptors (Lipinski definition) is 5. The summed E-state index contributed by atoms with van der Waals surface area (Å²) in [4.78, 5) is 1.67. The van der Waals surface area contributed by atoms with E-state index in [1.807, 2.05) is 18.4 Å². The van der Waals surface area contributed by atoms with Crippen molar-refractivity contribution in [3.63, 3.8) is 0 Å². The zero-order valence-corrected chi connectivity index (χ0v) is 13.0. The fourth-order valence-electron chi connectivity index (χ4n) is 1.54. The van der Waals surface area contributed by atoms with Gasteiger partial charge in [0.1, 0.15) is 9.81 Å². The van der Waals surface area contributed by atoms with Crippen molar-refractivity contribution in [3.05, 3.63) is 39.4 Å². The Kier molecular flexibility index (Phi) is 4.12. The van der Waals surface area contributed by atoms with Crippen LogP contribution in [0.5, 0.6) is 0 Å². The molecule has 2 rings (SSSR count). The number of aryl methyl sites for hydroxylation is 1. The average Bonchev–Trinajstić information content (AvgIpc) is 2.97. The molecule has 1 unspecified atom stereocenters. The number of rotatable bonds is 5. The Morgan fingerprint density at radius 1 is 1.37 bits per heavy atom. The topological polar surface area (TPSA) is 66.4 Å². The third-order valence-electron chi connectivity index (χ3n) is 2.64. The van der Waals surface area contributed by atoms with Gasteiger partial charge in [0.15, 0.2) is 0 Å². The van der Waals surface area contributed by atoms with Crippen molar-refractivity contribution in [3.8, 4) is 0 Å². The molecular formula is C12H15NO3S3. The maximum absolute atomic E-state index is 12.1. The molecule has 19 heavy (non-hydrogen) atoms. The molecule has 0 aliphatic carbocycles. The first-order chi connectivity index (χ1) is 8.81. The van der Waals surface area contributed by atoms with E-state index in [2.05, 4.69) is 4.72 Å². The highest BCUT2D eigenvalue weighted by Gasteiger charge is 2.27. The normalized spacial score (nSPS) is 15.3. The SMILES string of the molecule is Cc1ccc(S(=O)(=O)NCC(C)(O)c2cccs2)s1. The Morgan fingerprint density at radius 2 is 2.11 bits per heavy atom. The van der Waals surface area contributed by atoms with Gasteiger partial charge in [0.25, 0.3) is 0 Å². The second kappa shape index (κ2) is 5.34. The molecule has 0 saturated carbocycles. The Bertz CT molecular complexity index is 642. The summed E-state index contributed by atoms with van der Waals surface area (Å²) in [6.07, 6.45) is 0. The number of thiophene rings is 2. The summed E-state index contributed by atoms with van der Waals surface area (Å²) in [6, 6.07) is 6.94. The van der Waals surface area contributed by atoms with Crippen LogP contribution >= 0.6 is 22.7 Å². The number of sulfonamides is 1. The fourth-order valence-corrected chi connectivity index (χ4v) is 4.78. The van der Waals surface area contributed by atoms with E-state index in [9.17, 15) is 13.5 Å². The van der Waals surface area contributed by atoms with E-state index >= 15 is 0 Å². The number of aliphatic hydroxyl groups is 1. The molecule has 0 radical (unpaired) electrons. The molecule has 7 heteroatoms. The van der Waals surface area contributed by atoms with E-state index in [0.717, 1.165) is 9.75 Å². The summed E-state index contributed by atoms with van der Waals surface area (Å²) < 4.78 is 26.8. The first kappa shape index (κ1) is 14.7.